The second-order valence-electron chi connectivity index (χ2n) is 3.27. The third-order valence-electron chi connectivity index (χ3n) is 2.25. The summed E-state index contributed by atoms with van der Waals surface area (Å²) in [5.41, 5.74) is 1.27. The van der Waals surface area contributed by atoms with Gasteiger partial charge in [-0.1, -0.05) is 18.2 Å². The molecule has 1 heterocycles. The van der Waals surface area contributed by atoms with Crippen molar-refractivity contribution in [1.29, 1.82) is 0 Å². The molecule has 1 aliphatic rings. The standard InChI is InChI=1S/C11H11NO4/c13-7-12-5-6-15-11-9-4-2-1-3-8(9)10(14)16-11/h1-4,7,11H,5-6H2,(H,12,13). The number of ether oxygens (including phenoxy) is 2. The van der Waals surface area contributed by atoms with Gasteiger partial charge in [0.1, 0.15) is 0 Å². The van der Waals surface area contributed by atoms with Crippen molar-refractivity contribution < 1.29 is 19.1 Å². The highest BCUT2D eigenvalue weighted by molar-refractivity contribution is 5.93. The Bertz CT molecular complexity index is 405. The fourth-order valence-electron chi connectivity index (χ4n) is 1.52. The molecule has 16 heavy (non-hydrogen) atoms. The van der Waals surface area contributed by atoms with E-state index in [1.165, 1.54) is 0 Å². The van der Waals surface area contributed by atoms with E-state index in [0.29, 0.717) is 25.1 Å². The lowest BCUT2D eigenvalue weighted by molar-refractivity contribution is -0.113. The fourth-order valence-corrected chi connectivity index (χ4v) is 1.52. The molecule has 1 aromatic rings. The van der Waals surface area contributed by atoms with Crippen LogP contribution in [0.5, 0.6) is 0 Å². The van der Waals surface area contributed by atoms with Crippen molar-refractivity contribution in [3.63, 3.8) is 0 Å². The van der Waals surface area contributed by atoms with Crippen LogP contribution in [0, 0.1) is 0 Å². The van der Waals surface area contributed by atoms with Gasteiger partial charge in [-0.2, -0.15) is 0 Å². The summed E-state index contributed by atoms with van der Waals surface area (Å²) >= 11 is 0. The minimum absolute atomic E-state index is 0.297. The van der Waals surface area contributed by atoms with Crippen molar-refractivity contribution in [3.8, 4) is 0 Å². The Morgan fingerprint density at radius 2 is 2.25 bits per heavy atom. The quantitative estimate of drug-likeness (QED) is 0.449. The van der Waals surface area contributed by atoms with Crippen LogP contribution in [0.2, 0.25) is 0 Å². The molecular weight excluding hydrogens is 210 g/mol. The van der Waals surface area contributed by atoms with Crippen LogP contribution in [0.15, 0.2) is 24.3 Å². The summed E-state index contributed by atoms with van der Waals surface area (Å²) in [5.74, 6) is -0.371. The number of cyclic esters (lactones) is 1. The van der Waals surface area contributed by atoms with E-state index in [1.807, 2.05) is 6.07 Å². The molecule has 1 amide bonds. The molecule has 5 nitrogen and oxygen atoms in total. The van der Waals surface area contributed by atoms with E-state index in [1.54, 1.807) is 18.2 Å². The van der Waals surface area contributed by atoms with Gasteiger partial charge in [-0.25, -0.2) is 4.79 Å². The molecule has 1 atom stereocenters. The first-order chi connectivity index (χ1) is 7.83. The van der Waals surface area contributed by atoms with E-state index >= 15 is 0 Å². The molecule has 0 bridgehead atoms. The lowest BCUT2D eigenvalue weighted by atomic mass is 10.1. The van der Waals surface area contributed by atoms with Crippen LogP contribution >= 0.6 is 0 Å². The van der Waals surface area contributed by atoms with E-state index in [2.05, 4.69) is 5.32 Å². The molecule has 0 fully saturated rings. The van der Waals surface area contributed by atoms with Crippen molar-refractivity contribution >= 4 is 12.4 Å². The maximum absolute atomic E-state index is 11.4. The highest BCUT2D eigenvalue weighted by atomic mass is 16.7. The van der Waals surface area contributed by atoms with Crippen molar-refractivity contribution in [3.05, 3.63) is 35.4 Å². The van der Waals surface area contributed by atoms with Gasteiger partial charge in [0, 0.05) is 12.1 Å². The van der Waals surface area contributed by atoms with Crippen LogP contribution in [0.3, 0.4) is 0 Å². The summed E-state index contributed by atoms with van der Waals surface area (Å²) in [6, 6.07) is 7.08. The molecule has 1 N–H and O–H groups in total. The Morgan fingerprint density at radius 1 is 1.44 bits per heavy atom. The molecule has 0 aliphatic carbocycles. The maximum Gasteiger partial charge on any atom is 0.341 e. The minimum atomic E-state index is -0.655. The van der Waals surface area contributed by atoms with E-state index in [-0.39, 0.29) is 5.97 Å². The zero-order valence-corrected chi connectivity index (χ0v) is 8.51. The normalized spacial score (nSPS) is 17.8. The van der Waals surface area contributed by atoms with E-state index < -0.39 is 6.29 Å². The van der Waals surface area contributed by atoms with Gasteiger partial charge in [0.05, 0.1) is 12.2 Å². The van der Waals surface area contributed by atoms with Gasteiger partial charge in [0.2, 0.25) is 12.7 Å². The summed E-state index contributed by atoms with van der Waals surface area (Å²) in [4.78, 5) is 21.4. The lowest BCUT2D eigenvalue weighted by Crippen LogP contribution is -2.19. The van der Waals surface area contributed by atoms with E-state index in [0.717, 1.165) is 5.56 Å². The monoisotopic (exact) mass is 221 g/mol. The van der Waals surface area contributed by atoms with Crippen molar-refractivity contribution in [2.45, 2.75) is 6.29 Å². The lowest BCUT2D eigenvalue weighted by Gasteiger charge is -2.11. The Morgan fingerprint density at radius 3 is 3.06 bits per heavy atom. The van der Waals surface area contributed by atoms with Crippen molar-refractivity contribution in [1.82, 2.24) is 5.32 Å². The fraction of sp³-hybridized carbons (Fsp3) is 0.273. The Hall–Kier alpha value is -1.88. The number of hydrogen-bond donors (Lipinski definition) is 1. The zero-order chi connectivity index (χ0) is 11.4. The second-order valence-corrected chi connectivity index (χ2v) is 3.27. The van der Waals surface area contributed by atoms with Crippen LogP contribution < -0.4 is 5.32 Å². The predicted octanol–water partition coefficient (Wildman–Crippen LogP) is 0.618. The Balaban J connectivity index is 1.98. The number of carbonyl (C=O) groups is 2. The third-order valence-corrected chi connectivity index (χ3v) is 2.25. The Labute approximate surface area is 92.4 Å². The molecule has 0 spiro atoms. The molecule has 0 radical (unpaired) electrons. The summed E-state index contributed by atoms with van der Waals surface area (Å²) in [6.45, 7) is 0.685. The van der Waals surface area contributed by atoms with Gasteiger partial charge < -0.3 is 14.8 Å². The SMILES string of the molecule is O=CNCCOC1OC(=O)c2ccccc21. The summed E-state index contributed by atoms with van der Waals surface area (Å²) in [6.07, 6.45) is -0.0602. The van der Waals surface area contributed by atoms with Crippen LogP contribution in [0.4, 0.5) is 0 Å². The highest BCUT2D eigenvalue weighted by Gasteiger charge is 2.30. The van der Waals surface area contributed by atoms with Gasteiger partial charge in [-0.3, -0.25) is 4.79 Å². The molecule has 2 rings (SSSR count). The zero-order valence-electron chi connectivity index (χ0n) is 8.51. The van der Waals surface area contributed by atoms with Crippen molar-refractivity contribution in [2.75, 3.05) is 13.2 Å². The number of nitrogens with one attached hydrogen (secondary N) is 1. The number of rotatable bonds is 5. The smallest absolute Gasteiger partial charge is 0.341 e. The molecule has 0 saturated heterocycles. The summed E-state index contributed by atoms with van der Waals surface area (Å²) < 4.78 is 10.4. The maximum atomic E-state index is 11.4. The first-order valence-electron chi connectivity index (χ1n) is 4.91. The number of amides is 1. The number of carbonyl (C=O) groups excluding carboxylic acids is 2. The second kappa shape index (κ2) is 4.76. The van der Waals surface area contributed by atoms with Gasteiger partial charge in [0.25, 0.3) is 0 Å². The van der Waals surface area contributed by atoms with Crippen LogP contribution in [-0.2, 0) is 14.3 Å². The molecule has 84 valence electrons. The number of esters is 1. The van der Waals surface area contributed by atoms with Gasteiger partial charge in [-0.05, 0) is 6.07 Å². The van der Waals surface area contributed by atoms with E-state index in [9.17, 15) is 9.59 Å². The first kappa shape index (κ1) is 10.6. The predicted molar refractivity (Wildman–Crippen MR) is 54.6 cm³/mol. The number of fused-ring (bicyclic) bond motifs is 1. The van der Waals surface area contributed by atoms with Crippen LogP contribution in [-0.4, -0.2) is 25.5 Å². The third kappa shape index (κ3) is 2.04. The number of benzene rings is 1. The molecule has 1 unspecified atom stereocenters. The molecule has 1 aromatic carbocycles. The van der Waals surface area contributed by atoms with Gasteiger partial charge in [-0.15, -0.1) is 0 Å². The average molecular weight is 221 g/mol. The van der Waals surface area contributed by atoms with Crippen LogP contribution in [0.1, 0.15) is 22.2 Å². The van der Waals surface area contributed by atoms with E-state index in [4.69, 9.17) is 9.47 Å². The molecule has 0 aromatic heterocycles. The minimum Gasteiger partial charge on any atom is -0.428 e. The molecular formula is C11H11NO4. The highest BCUT2D eigenvalue weighted by Crippen LogP contribution is 2.30. The average Bonchev–Trinajstić information content (AvgIpc) is 2.63. The van der Waals surface area contributed by atoms with Crippen LogP contribution in [0.25, 0.3) is 0 Å². The largest absolute Gasteiger partial charge is 0.428 e. The van der Waals surface area contributed by atoms with Crippen molar-refractivity contribution in [2.24, 2.45) is 0 Å². The van der Waals surface area contributed by atoms with Gasteiger partial charge >= 0.3 is 5.97 Å². The summed E-state index contributed by atoms with van der Waals surface area (Å²) in [7, 11) is 0. The molecule has 1 aliphatic heterocycles. The topological polar surface area (TPSA) is 64.6 Å². The van der Waals surface area contributed by atoms with Gasteiger partial charge in [0.15, 0.2) is 0 Å². The Kier molecular flexibility index (Phi) is 3.16. The molecule has 0 saturated carbocycles. The number of hydrogen-bond acceptors (Lipinski definition) is 4. The molecule has 5 heteroatoms. The summed E-state index contributed by atoms with van der Waals surface area (Å²) in [5, 5.41) is 2.46. The first-order valence-corrected chi connectivity index (χ1v) is 4.91.